The van der Waals surface area contributed by atoms with E-state index in [2.05, 4.69) is 22.3 Å². The second-order valence-corrected chi connectivity index (χ2v) is 5.99. The van der Waals surface area contributed by atoms with E-state index in [-0.39, 0.29) is 5.91 Å². The van der Waals surface area contributed by atoms with Crippen LogP contribution in [0.5, 0.6) is 0 Å². The molecule has 0 bridgehead atoms. The standard InChI is InChI=1S/C17H27N3O/c1-20(16-9-5-8-15(16)12-18)13-17(21)19-11-10-14-6-3-2-4-7-14/h2-4,6-7,15-16H,5,8-13,18H2,1H3,(H,19,21). The molecule has 1 aromatic carbocycles. The van der Waals surface area contributed by atoms with Crippen LogP contribution in [-0.2, 0) is 11.2 Å². The van der Waals surface area contributed by atoms with Crippen molar-refractivity contribution in [1.29, 1.82) is 0 Å². The first-order valence-electron chi connectivity index (χ1n) is 7.91. The molecule has 2 unspecified atom stereocenters. The number of rotatable bonds is 7. The van der Waals surface area contributed by atoms with E-state index in [1.54, 1.807) is 0 Å². The molecule has 0 heterocycles. The molecule has 1 aliphatic carbocycles. The molecule has 3 N–H and O–H groups in total. The normalized spacial score (nSPS) is 21.7. The predicted octanol–water partition coefficient (Wildman–Crippen LogP) is 1.40. The molecule has 1 aliphatic rings. The van der Waals surface area contributed by atoms with Crippen LogP contribution < -0.4 is 11.1 Å². The first kappa shape index (κ1) is 16.0. The van der Waals surface area contributed by atoms with Crippen molar-refractivity contribution < 1.29 is 4.79 Å². The van der Waals surface area contributed by atoms with Crippen LogP contribution in [0.1, 0.15) is 24.8 Å². The van der Waals surface area contributed by atoms with Gasteiger partial charge in [-0.15, -0.1) is 0 Å². The number of nitrogens with two attached hydrogens (primary N) is 1. The first-order valence-corrected chi connectivity index (χ1v) is 7.91. The lowest BCUT2D eigenvalue weighted by atomic mass is 10.0. The Labute approximate surface area is 127 Å². The van der Waals surface area contributed by atoms with Crippen LogP contribution in [0.15, 0.2) is 30.3 Å². The summed E-state index contributed by atoms with van der Waals surface area (Å²) in [5.41, 5.74) is 7.06. The Morgan fingerprint density at radius 1 is 1.33 bits per heavy atom. The topological polar surface area (TPSA) is 58.4 Å². The van der Waals surface area contributed by atoms with Crippen molar-refractivity contribution in [3.63, 3.8) is 0 Å². The SMILES string of the molecule is CN(CC(=O)NCCc1ccccc1)C1CCCC1CN. The van der Waals surface area contributed by atoms with Gasteiger partial charge in [-0.25, -0.2) is 0 Å². The number of likely N-dealkylation sites (N-methyl/N-ethyl adjacent to an activating group) is 1. The summed E-state index contributed by atoms with van der Waals surface area (Å²) in [4.78, 5) is 14.2. The number of hydrogen-bond donors (Lipinski definition) is 2. The Morgan fingerprint density at radius 2 is 2.10 bits per heavy atom. The summed E-state index contributed by atoms with van der Waals surface area (Å²) >= 11 is 0. The maximum Gasteiger partial charge on any atom is 0.234 e. The summed E-state index contributed by atoms with van der Waals surface area (Å²) in [5, 5.41) is 3.01. The largest absolute Gasteiger partial charge is 0.355 e. The fourth-order valence-corrected chi connectivity index (χ4v) is 3.26. The molecule has 21 heavy (non-hydrogen) atoms. The van der Waals surface area contributed by atoms with E-state index in [4.69, 9.17) is 5.73 Å². The minimum atomic E-state index is 0.108. The zero-order valence-corrected chi connectivity index (χ0v) is 12.9. The highest BCUT2D eigenvalue weighted by Crippen LogP contribution is 2.28. The van der Waals surface area contributed by atoms with Gasteiger partial charge in [0.05, 0.1) is 6.54 Å². The van der Waals surface area contributed by atoms with E-state index < -0.39 is 0 Å². The lowest BCUT2D eigenvalue weighted by Crippen LogP contribution is -2.43. The molecule has 0 spiro atoms. The number of benzene rings is 1. The monoisotopic (exact) mass is 289 g/mol. The zero-order valence-electron chi connectivity index (χ0n) is 12.9. The van der Waals surface area contributed by atoms with Gasteiger partial charge in [0.2, 0.25) is 5.91 Å². The van der Waals surface area contributed by atoms with E-state index in [0.717, 1.165) is 19.4 Å². The third-order valence-corrected chi connectivity index (χ3v) is 4.46. The highest BCUT2D eigenvalue weighted by atomic mass is 16.2. The summed E-state index contributed by atoms with van der Waals surface area (Å²) in [7, 11) is 2.04. The molecule has 116 valence electrons. The smallest absolute Gasteiger partial charge is 0.234 e. The Morgan fingerprint density at radius 3 is 2.81 bits per heavy atom. The summed E-state index contributed by atoms with van der Waals surface area (Å²) < 4.78 is 0. The maximum absolute atomic E-state index is 12.0. The highest BCUT2D eigenvalue weighted by molar-refractivity contribution is 5.78. The van der Waals surface area contributed by atoms with Crippen molar-refractivity contribution in [1.82, 2.24) is 10.2 Å². The molecular formula is C17H27N3O. The predicted molar refractivity (Wildman–Crippen MR) is 86.0 cm³/mol. The van der Waals surface area contributed by atoms with E-state index in [1.807, 2.05) is 25.2 Å². The van der Waals surface area contributed by atoms with Crippen LogP contribution in [0.3, 0.4) is 0 Å². The number of amides is 1. The van der Waals surface area contributed by atoms with Crippen LogP contribution in [0.2, 0.25) is 0 Å². The van der Waals surface area contributed by atoms with Gasteiger partial charge < -0.3 is 11.1 Å². The Hall–Kier alpha value is -1.39. The molecule has 4 nitrogen and oxygen atoms in total. The van der Waals surface area contributed by atoms with Crippen molar-refractivity contribution in [3.05, 3.63) is 35.9 Å². The molecule has 0 saturated heterocycles. The molecule has 0 aliphatic heterocycles. The average Bonchev–Trinajstić information content (AvgIpc) is 2.97. The molecule has 0 aromatic heterocycles. The van der Waals surface area contributed by atoms with Crippen molar-refractivity contribution in [2.45, 2.75) is 31.7 Å². The van der Waals surface area contributed by atoms with Crippen LogP contribution in [-0.4, -0.2) is 43.5 Å². The second-order valence-electron chi connectivity index (χ2n) is 5.99. The van der Waals surface area contributed by atoms with Crippen LogP contribution in [0.25, 0.3) is 0 Å². The molecule has 4 heteroatoms. The fraction of sp³-hybridized carbons (Fsp3) is 0.588. The van der Waals surface area contributed by atoms with Gasteiger partial charge in [0.1, 0.15) is 0 Å². The third-order valence-electron chi connectivity index (χ3n) is 4.46. The van der Waals surface area contributed by atoms with E-state index in [9.17, 15) is 4.79 Å². The van der Waals surface area contributed by atoms with Gasteiger partial charge in [-0.05, 0) is 44.3 Å². The minimum Gasteiger partial charge on any atom is -0.355 e. The van der Waals surface area contributed by atoms with Gasteiger partial charge in [-0.1, -0.05) is 36.8 Å². The van der Waals surface area contributed by atoms with Gasteiger partial charge in [0.25, 0.3) is 0 Å². The lowest BCUT2D eigenvalue weighted by molar-refractivity contribution is -0.122. The quantitative estimate of drug-likeness (QED) is 0.798. The van der Waals surface area contributed by atoms with Crippen molar-refractivity contribution in [3.8, 4) is 0 Å². The van der Waals surface area contributed by atoms with Gasteiger partial charge in [0.15, 0.2) is 0 Å². The molecule has 1 fully saturated rings. The van der Waals surface area contributed by atoms with Crippen molar-refractivity contribution >= 4 is 5.91 Å². The van der Waals surface area contributed by atoms with Crippen molar-refractivity contribution in [2.75, 3.05) is 26.7 Å². The number of carbonyl (C=O) groups excluding carboxylic acids is 1. The highest BCUT2D eigenvalue weighted by Gasteiger charge is 2.29. The van der Waals surface area contributed by atoms with Crippen LogP contribution in [0.4, 0.5) is 0 Å². The van der Waals surface area contributed by atoms with E-state index in [1.165, 1.54) is 18.4 Å². The van der Waals surface area contributed by atoms with Gasteiger partial charge in [-0.2, -0.15) is 0 Å². The Balaban J connectivity index is 1.69. The van der Waals surface area contributed by atoms with Crippen LogP contribution >= 0.6 is 0 Å². The minimum absolute atomic E-state index is 0.108. The molecular weight excluding hydrogens is 262 g/mol. The molecule has 2 atom stereocenters. The molecule has 1 saturated carbocycles. The van der Waals surface area contributed by atoms with E-state index in [0.29, 0.717) is 25.0 Å². The number of nitrogens with one attached hydrogen (secondary N) is 1. The molecule has 1 aromatic rings. The summed E-state index contributed by atoms with van der Waals surface area (Å²) in [5.74, 6) is 0.656. The van der Waals surface area contributed by atoms with Gasteiger partial charge in [-0.3, -0.25) is 9.69 Å². The molecule has 2 rings (SSSR count). The number of hydrogen-bond acceptors (Lipinski definition) is 3. The summed E-state index contributed by atoms with van der Waals surface area (Å²) in [6, 6.07) is 10.7. The third kappa shape index (κ3) is 4.83. The molecule has 0 radical (unpaired) electrons. The summed E-state index contributed by atoms with van der Waals surface area (Å²) in [6.45, 7) is 1.89. The number of carbonyl (C=O) groups is 1. The second kappa shape index (κ2) is 8.15. The fourth-order valence-electron chi connectivity index (χ4n) is 3.26. The Kier molecular flexibility index (Phi) is 6.21. The van der Waals surface area contributed by atoms with Gasteiger partial charge in [0, 0.05) is 12.6 Å². The zero-order chi connectivity index (χ0) is 15.1. The summed E-state index contributed by atoms with van der Waals surface area (Å²) in [6.07, 6.45) is 4.47. The van der Waals surface area contributed by atoms with Gasteiger partial charge >= 0.3 is 0 Å². The maximum atomic E-state index is 12.0. The first-order chi connectivity index (χ1) is 10.2. The lowest BCUT2D eigenvalue weighted by Gasteiger charge is -2.28. The van der Waals surface area contributed by atoms with Crippen LogP contribution in [0, 0.1) is 5.92 Å². The Bertz CT molecular complexity index is 435. The van der Waals surface area contributed by atoms with E-state index >= 15 is 0 Å². The average molecular weight is 289 g/mol. The molecule has 1 amide bonds. The number of nitrogens with zero attached hydrogens (tertiary/aromatic N) is 1. The van der Waals surface area contributed by atoms with Crippen molar-refractivity contribution in [2.24, 2.45) is 11.7 Å².